The quantitative estimate of drug-likeness (QED) is 0.812. The molecule has 1 N–H and O–H groups in total. The Morgan fingerprint density at radius 2 is 2.06 bits per heavy atom. The van der Waals surface area contributed by atoms with Crippen LogP contribution in [0.1, 0.15) is 58.3 Å². The highest BCUT2D eigenvalue weighted by molar-refractivity contribution is 5.91. The molecule has 1 atom stereocenters. The zero-order chi connectivity index (χ0) is 11.9. The molecule has 0 aromatic rings. The molecule has 0 bridgehead atoms. The molecule has 3 aliphatic rings. The first-order valence-electron chi connectivity index (χ1n) is 7.30. The molecule has 2 saturated carbocycles. The van der Waals surface area contributed by atoms with Gasteiger partial charge in [-0.3, -0.25) is 10.1 Å². The minimum Gasteiger partial charge on any atom is -0.326 e. The van der Waals surface area contributed by atoms with Gasteiger partial charge in [-0.05, 0) is 38.5 Å². The summed E-state index contributed by atoms with van der Waals surface area (Å²) in [5.74, 6) is 1.32. The molecule has 0 aromatic heterocycles. The van der Waals surface area contributed by atoms with Crippen LogP contribution < -0.4 is 5.32 Å². The van der Waals surface area contributed by atoms with Crippen LogP contribution in [-0.4, -0.2) is 29.1 Å². The van der Waals surface area contributed by atoms with Crippen molar-refractivity contribution in [2.75, 3.05) is 6.54 Å². The van der Waals surface area contributed by atoms with Crippen LogP contribution in [0.3, 0.4) is 0 Å². The smallest absolute Gasteiger partial charge is 0.244 e. The molecule has 2 aliphatic carbocycles. The maximum absolute atomic E-state index is 12.2. The first-order chi connectivity index (χ1) is 8.21. The largest absolute Gasteiger partial charge is 0.326 e. The molecule has 0 radical (unpaired) electrons. The number of rotatable bonds is 4. The molecule has 3 fully saturated rings. The van der Waals surface area contributed by atoms with Gasteiger partial charge in [0.2, 0.25) is 5.91 Å². The van der Waals surface area contributed by atoms with Gasteiger partial charge < -0.3 is 4.90 Å². The maximum atomic E-state index is 12.2. The Hall–Kier alpha value is -0.570. The van der Waals surface area contributed by atoms with E-state index >= 15 is 0 Å². The molecule has 3 rings (SSSR count). The summed E-state index contributed by atoms with van der Waals surface area (Å²) < 4.78 is 0. The number of nitrogens with zero attached hydrogens (tertiary/aromatic N) is 1. The highest BCUT2D eigenvalue weighted by Crippen LogP contribution is 2.42. The number of nitrogens with one attached hydrogen (secondary N) is 1. The second-order valence-corrected chi connectivity index (χ2v) is 6.19. The van der Waals surface area contributed by atoms with Gasteiger partial charge in [0.15, 0.2) is 0 Å². The zero-order valence-electron chi connectivity index (χ0n) is 10.9. The van der Waals surface area contributed by atoms with Gasteiger partial charge in [-0.1, -0.05) is 25.7 Å². The summed E-state index contributed by atoms with van der Waals surface area (Å²) in [7, 11) is 0. The first-order valence-corrected chi connectivity index (χ1v) is 7.30. The van der Waals surface area contributed by atoms with Crippen LogP contribution in [0.25, 0.3) is 0 Å². The van der Waals surface area contributed by atoms with Crippen molar-refractivity contribution in [1.29, 1.82) is 0 Å². The summed E-state index contributed by atoms with van der Waals surface area (Å²) in [6, 6.07) is 0. The Morgan fingerprint density at radius 3 is 2.65 bits per heavy atom. The highest BCUT2D eigenvalue weighted by atomic mass is 16.2. The Morgan fingerprint density at radius 1 is 1.35 bits per heavy atom. The Balaban J connectivity index is 1.46. The number of carbonyl (C=O) groups excluding carboxylic acids is 1. The second-order valence-electron chi connectivity index (χ2n) is 6.19. The van der Waals surface area contributed by atoms with E-state index in [4.69, 9.17) is 0 Å². The van der Waals surface area contributed by atoms with Crippen molar-refractivity contribution in [3.63, 3.8) is 0 Å². The van der Waals surface area contributed by atoms with E-state index in [1.807, 2.05) is 0 Å². The lowest BCUT2D eigenvalue weighted by Crippen LogP contribution is -2.35. The van der Waals surface area contributed by atoms with E-state index < -0.39 is 0 Å². The van der Waals surface area contributed by atoms with E-state index in [-0.39, 0.29) is 11.7 Å². The molecule has 1 saturated heterocycles. The van der Waals surface area contributed by atoms with E-state index in [0.717, 1.165) is 25.3 Å². The Kier molecular flexibility index (Phi) is 2.89. The molecule has 17 heavy (non-hydrogen) atoms. The summed E-state index contributed by atoms with van der Waals surface area (Å²) in [6.07, 6.45) is 10.6. The summed E-state index contributed by atoms with van der Waals surface area (Å²) in [5, 5.41) is 3.46. The zero-order valence-corrected chi connectivity index (χ0v) is 10.9. The SMILES string of the molecule is CC1NC2(CC2)C(=O)N1CCCC1CCCC1. The molecule has 1 spiro atoms. The van der Waals surface area contributed by atoms with Gasteiger partial charge in [0.25, 0.3) is 0 Å². The number of hydrogen-bond donors (Lipinski definition) is 1. The predicted molar refractivity (Wildman–Crippen MR) is 67.5 cm³/mol. The third-order valence-electron chi connectivity index (χ3n) is 4.86. The lowest BCUT2D eigenvalue weighted by molar-refractivity contribution is -0.130. The lowest BCUT2D eigenvalue weighted by Gasteiger charge is -2.21. The van der Waals surface area contributed by atoms with Crippen LogP contribution in [0.15, 0.2) is 0 Å². The molecular weight excluding hydrogens is 212 g/mol. The van der Waals surface area contributed by atoms with E-state index in [1.54, 1.807) is 0 Å². The van der Waals surface area contributed by atoms with E-state index in [1.165, 1.54) is 38.5 Å². The average molecular weight is 236 g/mol. The van der Waals surface area contributed by atoms with Gasteiger partial charge in [-0.2, -0.15) is 0 Å². The summed E-state index contributed by atoms with van der Waals surface area (Å²) in [5.41, 5.74) is -0.118. The maximum Gasteiger partial charge on any atom is 0.244 e. The minimum atomic E-state index is -0.118. The van der Waals surface area contributed by atoms with E-state index in [2.05, 4.69) is 17.1 Å². The van der Waals surface area contributed by atoms with Crippen LogP contribution in [0.5, 0.6) is 0 Å². The van der Waals surface area contributed by atoms with Crippen LogP contribution in [0.2, 0.25) is 0 Å². The van der Waals surface area contributed by atoms with Gasteiger partial charge in [0.1, 0.15) is 0 Å². The fourth-order valence-electron chi connectivity index (χ4n) is 3.62. The molecule has 0 aromatic carbocycles. The molecule has 1 amide bonds. The van der Waals surface area contributed by atoms with Gasteiger partial charge in [0, 0.05) is 6.54 Å². The molecule has 3 heteroatoms. The van der Waals surface area contributed by atoms with Crippen LogP contribution in [0.4, 0.5) is 0 Å². The van der Waals surface area contributed by atoms with E-state index in [0.29, 0.717) is 5.91 Å². The molecule has 3 nitrogen and oxygen atoms in total. The van der Waals surface area contributed by atoms with Gasteiger partial charge in [-0.25, -0.2) is 0 Å². The van der Waals surface area contributed by atoms with Crippen molar-refractivity contribution in [3.8, 4) is 0 Å². The highest BCUT2D eigenvalue weighted by Gasteiger charge is 2.57. The van der Waals surface area contributed by atoms with Crippen molar-refractivity contribution in [2.24, 2.45) is 5.92 Å². The molecular formula is C14H24N2O. The molecule has 1 heterocycles. The normalized spacial score (nSPS) is 31.7. The second kappa shape index (κ2) is 4.27. The fourth-order valence-corrected chi connectivity index (χ4v) is 3.62. The summed E-state index contributed by atoms with van der Waals surface area (Å²) in [6.45, 7) is 3.09. The molecule has 1 unspecified atom stereocenters. The van der Waals surface area contributed by atoms with Gasteiger partial charge in [0.05, 0.1) is 11.7 Å². The van der Waals surface area contributed by atoms with Gasteiger partial charge >= 0.3 is 0 Å². The molecule has 96 valence electrons. The third-order valence-corrected chi connectivity index (χ3v) is 4.86. The van der Waals surface area contributed by atoms with Crippen LogP contribution >= 0.6 is 0 Å². The average Bonchev–Trinajstić information content (AvgIpc) is 2.82. The number of amides is 1. The van der Waals surface area contributed by atoms with Crippen LogP contribution in [-0.2, 0) is 4.79 Å². The summed E-state index contributed by atoms with van der Waals surface area (Å²) >= 11 is 0. The van der Waals surface area contributed by atoms with Crippen molar-refractivity contribution < 1.29 is 4.79 Å². The van der Waals surface area contributed by atoms with Gasteiger partial charge in [-0.15, -0.1) is 0 Å². The standard InChI is InChI=1S/C14H24N2O/c1-11-15-14(8-9-14)13(17)16(11)10-4-7-12-5-2-3-6-12/h11-12,15H,2-10H2,1H3. The molecule has 1 aliphatic heterocycles. The number of carbonyl (C=O) groups is 1. The Bertz CT molecular complexity index is 305. The minimum absolute atomic E-state index is 0.118. The van der Waals surface area contributed by atoms with Crippen molar-refractivity contribution in [2.45, 2.75) is 70.0 Å². The predicted octanol–water partition coefficient (Wildman–Crippen LogP) is 2.27. The fraction of sp³-hybridized carbons (Fsp3) is 0.929. The summed E-state index contributed by atoms with van der Waals surface area (Å²) in [4.78, 5) is 14.3. The first kappa shape index (κ1) is 11.5. The van der Waals surface area contributed by atoms with Crippen molar-refractivity contribution in [3.05, 3.63) is 0 Å². The topological polar surface area (TPSA) is 32.3 Å². The van der Waals surface area contributed by atoms with Crippen molar-refractivity contribution >= 4 is 5.91 Å². The lowest BCUT2D eigenvalue weighted by atomic mass is 10.0. The van der Waals surface area contributed by atoms with Crippen LogP contribution in [0, 0.1) is 5.92 Å². The monoisotopic (exact) mass is 236 g/mol. The third kappa shape index (κ3) is 2.10. The number of hydrogen-bond acceptors (Lipinski definition) is 2. The van der Waals surface area contributed by atoms with E-state index in [9.17, 15) is 4.79 Å². The Labute approximate surface area is 104 Å². The van der Waals surface area contributed by atoms with Crippen molar-refractivity contribution in [1.82, 2.24) is 10.2 Å².